The molecule has 2 saturated heterocycles. The van der Waals surface area contributed by atoms with Crippen LogP contribution in [0.5, 0.6) is 0 Å². The molecule has 3 aliphatic rings. The summed E-state index contributed by atoms with van der Waals surface area (Å²) in [5.74, 6) is 2.54. The molecule has 0 spiro atoms. The van der Waals surface area contributed by atoms with Gasteiger partial charge >= 0.3 is 0 Å². The van der Waals surface area contributed by atoms with Crippen molar-refractivity contribution >= 4 is 24.8 Å². The van der Waals surface area contributed by atoms with Crippen LogP contribution >= 0.6 is 24.8 Å². The first-order valence-corrected chi connectivity index (χ1v) is 11.4. The summed E-state index contributed by atoms with van der Waals surface area (Å²) in [7, 11) is 0. The average Bonchev–Trinajstić information content (AvgIpc) is 3.45. The van der Waals surface area contributed by atoms with E-state index in [0.717, 1.165) is 24.3 Å². The van der Waals surface area contributed by atoms with Crippen molar-refractivity contribution in [3.63, 3.8) is 0 Å². The fourth-order valence-electron chi connectivity index (χ4n) is 5.97. The van der Waals surface area contributed by atoms with Crippen molar-refractivity contribution in [1.29, 1.82) is 0 Å². The van der Waals surface area contributed by atoms with Crippen LogP contribution in [0.4, 0.5) is 0 Å². The van der Waals surface area contributed by atoms with E-state index in [0.29, 0.717) is 0 Å². The molecule has 2 nitrogen and oxygen atoms in total. The Morgan fingerprint density at radius 3 is 2.20 bits per heavy atom. The van der Waals surface area contributed by atoms with Gasteiger partial charge in [0.1, 0.15) is 0 Å². The van der Waals surface area contributed by atoms with Crippen LogP contribution in [-0.4, -0.2) is 42.5 Å². The molecule has 2 heterocycles. The zero-order chi connectivity index (χ0) is 18.8. The molecule has 164 valence electrons. The van der Waals surface area contributed by atoms with Crippen molar-refractivity contribution in [1.82, 2.24) is 9.80 Å². The lowest BCUT2D eigenvalue weighted by Gasteiger charge is -2.21. The van der Waals surface area contributed by atoms with E-state index in [-0.39, 0.29) is 24.8 Å². The maximum absolute atomic E-state index is 2.70. The quantitative estimate of drug-likeness (QED) is 0.553. The third-order valence-corrected chi connectivity index (χ3v) is 7.50. The molecule has 0 amide bonds. The summed E-state index contributed by atoms with van der Waals surface area (Å²) in [6, 6.07) is 20.7. The molecule has 4 heteroatoms. The molecule has 5 rings (SSSR count). The standard InChI is InChI=1S/C26H34N2.2ClH/c1-2-6-22(7-3-1)18-28-19-24-12-13-25(26(24)20-28)23-10-8-21(9-11-23)14-17-27-15-4-5-16-27;;/h1-3,6-11,24-26H,4-5,12-20H2;2*1H/t24-,25+,26+;;/m1../s1. The first-order valence-electron chi connectivity index (χ1n) is 11.4. The second kappa shape index (κ2) is 11.0. The van der Waals surface area contributed by atoms with Gasteiger partial charge in [0.2, 0.25) is 0 Å². The maximum atomic E-state index is 2.70. The lowest BCUT2D eigenvalue weighted by atomic mass is 9.86. The van der Waals surface area contributed by atoms with E-state index in [4.69, 9.17) is 0 Å². The lowest BCUT2D eigenvalue weighted by molar-refractivity contribution is 0.298. The Morgan fingerprint density at radius 2 is 1.47 bits per heavy atom. The second-order valence-electron chi connectivity index (χ2n) is 9.33. The number of rotatable bonds is 6. The molecule has 30 heavy (non-hydrogen) atoms. The molecular weight excluding hydrogens is 411 g/mol. The van der Waals surface area contributed by atoms with Crippen molar-refractivity contribution in [2.75, 3.05) is 32.7 Å². The molecule has 0 unspecified atom stereocenters. The molecule has 0 bridgehead atoms. The first kappa shape index (κ1) is 23.6. The molecule has 1 aliphatic carbocycles. The second-order valence-corrected chi connectivity index (χ2v) is 9.33. The zero-order valence-corrected chi connectivity index (χ0v) is 19.6. The van der Waals surface area contributed by atoms with Crippen LogP contribution in [0, 0.1) is 11.8 Å². The molecule has 0 radical (unpaired) electrons. The SMILES string of the molecule is Cl.Cl.c1ccc(CN2C[C@H]3CC[C@@H](c4ccc(CCN5CCCC5)cc4)[C@H]3C2)cc1. The Labute approximate surface area is 194 Å². The Bertz CT molecular complexity index is 758. The van der Waals surface area contributed by atoms with Crippen LogP contribution in [0.15, 0.2) is 54.6 Å². The Kier molecular flexibility index (Phi) is 8.65. The molecule has 2 aromatic rings. The van der Waals surface area contributed by atoms with Crippen molar-refractivity contribution in [3.8, 4) is 0 Å². The third kappa shape index (κ3) is 5.40. The lowest BCUT2D eigenvalue weighted by Crippen LogP contribution is -2.22. The summed E-state index contributed by atoms with van der Waals surface area (Å²) < 4.78 is 0. The van der Waals surface area contributed by atoms with Gasteiger partial charge in [-0.05, 0) is 79.6 Å². The Morgan fingerprint density at radius 1 is 0.733 bits per heavy atom. The van der Waals surface area contributed by atoms with Gasteiger partial charge in [0, 0.05) is 26.2 Å². The highest BCUT2D eigenvalue weighted by molar-refractivity contribution is 5.85. The molecular formula is C26H36Cl2N2. The van der Waals surface area contributed by atoms with E-state index in [2.05, 4.69) is 64.4 Å². The summed E-state index contributed by atoms with van der Waals surface area (Å²) >= 11 is 0. The average molecular weight is 447 g/mol. The molecule has 3 atom stereocenters. The highest BCUT2D eigenvalue weighted by Gasteiger charge is 2.42. The molecule has 2 aromatic carbocycles. The van der Waals surface area contributed by atoms with Crippen LogP contribution < -0.4 is 0 Å². The number of hydrogen-bond donors (Lipinski definition) is 0. The maximum Gasteiger partial charge on any atom is 0.0233 e. The van der Waals surface area contributed by atoms with E-state index in [1.807, 2.05) is 0 Å². The summed E-state index contributed by atoms with van der Waals surface area (Å²) in [6.07, 6.45) is 6.80. The minimum atomic E-state index is 0. The zero-order valence-electron chi connectivity index (χ0n) is 17.9. The number of likely N-dealkylation sites (tertiary alicyclic amines) is 2. The smallest absolute Gasteiger partial charge is 0.0233 e. The summed E-state index contributed by atoms with van der Waals surface area (Å²) in [5.41, 5.74) is 4.57. The third-order valence-electron chi connectivity index (χ3n) is 7.50. The van der Waals surface area contributed by atoms with Crippen LogP contribution in [0.25, 0.3) is 0 Å². The first-order chi connectivity index (χ1) is 13.8. The van der Waals surface area contributed by atoms with Crippen LogP contribution in [0.3, 0.4) is 0 Å². The summed E-state index contributed by atoms with van der Waals surface area (Å²) in [4.78, 5) is 5.32. The van der Waals surface area contributed by atoms with Gasteiger partial charge in [0.05, 0.1) is 0 Å². The Balaban J connectivity index is 0.00000128. The van der Waals surface area contributed by atoms with Crippen LogP contribution in [0.1, 0.15) is 48.3 Å². The van der Waals surface area contributed by atoms with E-state index in [9.17, 15) is 0 Å². The number of fused-ring (bicyclic) bond motifs is 1. The molecule has 0 aromatic heterocycles. The minimum Gasteiger partial charge on any atom is -0.303 e. The molecule has 1 saturated carbocycles. The van der Waals surface area contributed by atoms with Gasteiger partial charge in [-0.25, -0.2) is 0 Å². The van der Waals surface area contributed by atoms with E-state index in [1.54, 1.807) is 5.56 Å². The van der Waals surface area contributed by atoms with Gasteiger partial charge < -0.3 is 4.90 Å². The number of benzene rings is 2. The van der Waals surface area contributed by atoms with Gasteiger partial charge in [0.25, 0.3) is 0 Å². The van der Waals surface area contributed by atoms with Crippen molar-refractivity contribution < 1.29 is 0 Å². The number of hydrogen-bond acceptors (Lipinski definition) is 2. The van der Waals surface area contributed by atoms with Gasteiger partial charge in [-0.3, -0.25) is 4.90 Å². The summed E-state index contributed by atoms with van der Waals surface area (Å²) in [5, 5.41) is 0. The predicted octanol–water partition coefficient (Wildman–Crippen LogP) is 5.79. The highest BCUT2D eigenvalue weighted by Crippen LogP contribution is 2.47. The largest absolute Gasteiger partial charge is 0.303 e. The molecule has 0 N–H and O–H groups in total. The summed E-state index contributed by atoms with van der Waals surface area (Å²) in [6.45, 7) is 7.55. The topological polar surface area (TPSA) is 6.48 Å². The van der Waals surface area contributed by atoms with Gasteiger partial charge in [-0.1, -0.05) is 54.6 Å². The fraction of sp³-hybridized carbons (Fsp3) is 0.538. The monoisotopic (exact) mass is 446 g/mol. The molecule has 2 aliphatic heterocycles. The number of halogens is 2. The van der Waals surface area contributed by atoms with Crippen LogP contribution in [0.2, 0.25) is 0 Å². The predicted molar refractivity (Wildman–Crippen MR) is 131 cm³/mol. The number of nitrogens with zero attached hydrogens (tertiary/aromatic N) is 2. The van der Waals surface area contributed by atoms with Gasteiger partial charge in [-0.15, -0.1) is 24.8 Å². The van der Waals surface area contributed by atoms with E-state index in [1.165, 1.54) is 76.0 Å². The van der Waals surface area contributed by atoms with Gasteiger partial charge in [0.15, 0.2) is 0 Å². The Hall–Kier alpha value is -1.06. The van der Waals surface area contributed by atoms with E-state index < -0.39 is 0 Å². The van der Waals surface area contributed by atoms with E-state index >= 15 is 0 Å². The normalized spacial score (nSPS) is 26.2. The van der Waals surface area contributed by atoms with Crippen molar-refractivity contribution in [3.05, 3.63) is 71.3 Å². The minimum absolute atomic E-state index is 0. The van der Waals surface area contributed by atoms with Gasteiger partial charge in [-0.2, -0.15) is 0 Å². The fourth-order valence-corrected chi connectivity index (χ4v) is 5.97. The van der Waals surface area contributed by atoms with Crippen molar-refractivity contribution in [2.24, 2.45) is 11.8 Å². The molecule has 3 fully saturated rings. The van der Waals surface area contributed by atoms with Crippen LogP contribution in [-0.2, 0) is 13.0 Å². The highest BCUT2D eigenvalue weighted by atomic mass is 35.5. The van der Waals surface area contributed by atoms with Crippen molar-refractivity contribution in [2.45, 2.75) is 44.6 Å².